The first-order valence-corrected chi connectivity index (χ1v) is 14.3. The number of Topliss-reactive ketones (excluding diaryl/α,β-unsaturated/α-hetero) is 2. The number of ether oxygens (including phenoxy) is 4. The molecule has 0 amide bonds. The van der Waals surface area contributed by atoms with E-state index in [9.17, 15) is 33.9 Å². The normalized spacial score (nSPS) is 31.8. The number of rotatable bonds is 6. The van der Waals surface area contributed by atoms with Crippen molar-refractivity contribution in [3.8, 4) is 0 Å². The van der Waals surface area contributed by atoms with Crippen molar-refractivity contribution in [1.82, 2.24) is 0 Å². The lowest BCUT2D eigenvalue weighted by atomic mass is 9.54. The van der Waals surface area contributed by atoms with Gasteiger partial charge in [0, 0.05) is 39.5 Å². The van der Waals surface area contributed by atoms with Gasteiger partial charge in [-0.1, -0.05) is 31.7 Å². The molecule has 3 aliphatic rings. The highest BCUT2D eigenvalue weighted by Gasteiger charge is 2.74. The van der Waals surface area contributed by atoms with Gasteiger partial charge in [0.05, 0.1) is 22.0 Å². The molecule has 3 aliphatic carbocycles. The molecule has 44 heavy (non-hydrogen) atoms. The number of aliphatic hydroxyl groups is 1. The van der Waals surface area contributed by atoms with E-state index in [1.807, 2.05) is 0 Å². The zero-order chi connectivity index (χ0) is 32.9. The monoisotopic (exact) mass is 610 g/mol. The standard InChI is InChI=1S/C33H38O11/c1-16-22(37)14-24(41-18(3)34)32(8)26(16)28(42-19(4)35)33(31(6,7)40)15-23(38)17(2)25(33)27(29(32)43-20(5)36)44-30(39)21-12-10-9-11-13-21/h9-13,24,26-29,40H,1,14-15H2,2-8H3/t24-,26-,27+,28-,29-,32+,33-/m0/s1. The highest BCUT2D eigenvalue weighted by Crippen LogP contribution is 2.65. The first kappa shape index (κ1) is 32.8. The molecule has 0 radical (unpaired) electrons. The van der Waals surface area contributed by atoms with Crippen LogP contribution < -0.4 is 0 Å². The molecular weight excluding hydrogens is 572 g/mol. The number of esters is 4. The van der Waals surface area contributed by atoms with Gasteiger partial charge in [0.25, 0.3) is 0 Å². The van der Waals surface area contributed by atoms with E-state index in [0.29, 0.717) is 0 Å². The molecule has 11 heteroatoms. The lowest BCUT2D eigenvalue weighted by Gasteiger charge is -2.54. The number of hydrogen-bond acceptors (Lipinski definition) is 11. The SMILES string of the molecule is C=C1C(=O)C[C@H](OC(C)=O)[C@@]2(C)[C@@H](OC(C)=O)[C@H](OC(=O)c3ccccc3)C3=C(C)C(=O)C[C@@]3(C(C)(C)O)[C@@H](OC(C)=O)[C@H]12. The zero-order valence-electron chi connectivity index (χ0n) is 25.9. The third-order valence-corrected chi connectivity index (χ3v) is 9.40. The summed E-state index contributed by atoms with van der Waals surface area (Å²) in [6.45, 7) is 13.4. The van der Waals surface area contributed by atoms with Crippen molar-refractivity contribution in [3.63, 3.8) is 0 Å². The first-order chi connectivity index (χ1) is 20.4. The molecule has 1 aromatic rings. The average molecular weight is 611 g/mol. The second-order valence-corrected chi connectivity index (χ2v) is 12.5. The van der Waals surface area contributed by atoms with Gasteiger partial charge in [-0.05, 0) is 49.6 Å². The molecule has 0 spiro atoms. The molecule has 2 fully saturated rings. The van der Waals surface area contributed by atoms with Gasteiger partial charge in [-0.3, -0.25) is 24.0 Å². The third kappa shape index (κ3) is 5.16. The van der Waals surface area contributed by atoms with Crippen LogP contribution in [0.5, 0.6) is 0 Å². The fourth-order valence-electron chi connectivity index (χ4n) is 7.44. The van der Waals surface area contributed by atoms with Crippen LogP contribution in [0.3, 0.4) is 0 Å². The quantitative estimate of drug-likeness (QED) is 0.286. The van der Waals surface area contributed by atoms with Crippen LogP contribution in [-0.4, -0.2) is 70.6 Å². The first-order valence-electron chi connectivity index (χ1n) is 14.3. The number of carbonyl (C=O) groups excluding carboxylic acids is 6. The summed E-state index contributed by atoms with van der Waals surface area (Å²) in [4.78, 5) is 78.9. The lowest BCUT2D eigenvalue weighted by molar-refractivity contribution is -0.206. The summed E-state index contributed by atoms with van der Waals surface area (Å²) in [5.74, 6) is -5.41. The van der Waals surface area contributed by atoms with E-state index >= 15 is 0 Å². The van der Waals surface area contributed by atoms with Crippen molar-refractivity contribution in [2.24, 2.45) is 16.7 Å². The van der Waals surface area contributed by atoms with Crippen molar-refractivity contribution in [3.05, 3.63) is 59.2 Å². The van der Waals surface area contributed by atoms with Crippen molar-refractivity contribution in [1.29, 1.82) is 0 Å². The van der Waals surface area contributed by atoms with E-state index in [-0.39, 0.29) is 28.7 Å². The summed E-state index contributed by atoms with van der Waals surface area (Å²) < 4.78 is 23.8. The number of allylic oxidation sites excluding steroid dienone is 1. The van der Waals surface area contributed by atoms with Crippen molar-refractivity contribution >= 4 is 35.4 Å². The maximum atomic E-state index is 13.7. The molecule has 236 valence electrons. The van der Waals surface area contributed by atoms with Crippen molar-refractivity contribution in [2.75, 3.05) is 0 Å². The molecule has 0 heterocycles. The molecule has 0 aliphatic heterocycles. The summed E-state index contributed by atoms with van der Waals surface area (Å²) in [5, 5.41) is 12.0. The maximum absolute atomic E-state index is 13.7. The van der Waals surface area contributed by atoms with E-state index in [1.165, 1.54) is 32.9 Å². The molecule has 4 rings (SSSR count). The summed E-state index contributed by atoms with van der Waals surface area (Å²) in [7, 11) is 0. The molecule has 0 bridgehead atoms. The van der Waals surface area contributed by atoms with Crippen LogP contribution in [0.15, 0.2) is 53.6 Å². The molecule has 0 unspecified atom stereocenters. The Kier molecular flexibility index (Phi) is 8.51. The van der Waals surface area contributed by atoms with E-state index in [4.69, 9.17) is 18.9 Å². The van der Waals surface area contributed by atoms with E-state index in [0.717, 1.165) is 20.8 Å². The Morgan fingerprint density at radius 1 is 0.886 bits per heavy atom. The second-order valence-electron chi connectivity index (χ2n) is 12.5. The van der Waals surface area contributed by atoms with Gasteiger partial charge in [0.15, 0.2) is 23.8 Å². The van der Waals surface area contributed by atoms with Gasteiger partial charge in [-0.15, -0.1) is 0 Å². The van der Waals surface area contributed by atoms with Crippen LogP contribution in [0.2, 0.25) is 0 Å². The van der Waals surface area contributed by atoms with Crippen LogP contribution in [-0.2, 0) is 42.9 Å². The topological polar surface area (TPSA) is 160 Å². The number of fused-ring (bicyclic) bond motifs is 2. The molecule has 11 nitrogen and oxygen atoms in total. The second kappa shape index (κ2) is 11.4. The summed E-state index contributed by atoms with van der Waals surface area (Å²) in [6.07, 6.45) is -6.58. The number of carbonyl (C=O) groups is 6. The fraction of sp³-hybridized carbons (Fsp3) is 0.515. The van der Waals surface area contributed by atoms with Crippen molar-refractivity contribution in [2.45, 2.75) is 91.3 Å². The molecule has 2 saturated carbocycles. The van der Waals surface area contributed by atoms with E-state index in [1.54, 1.807) is 25.1 Å². The smallest absolute Gasteiger partial charge is 0.338 e. The van der Waals surface area contributed by atoms with Gasteiger partial charge in [-0.25, -0.2) is 4.79 Å². The number of ketones is 2. The minimum Gasteiger partial charge on any atom is -0.461 e. The predicted molar refractivity (Wildman–Crippen MR) is 154 cm³/mol. The highest BCUT2D eigenvalue weighted by molar-refractivity contribution is 6.01. The van der Waals surface area contributed by atoms with Crippen LogP contribution in [0.1, 0.15) is 71.7 Å². The predicted octanol–water partition coefficient (Wildman–Crippen LogP) is 3.22. The van der Waals surface area contributed by atoms with Gasteiger partial charge < -0.3 is 24.1 Å². The Bertz CT molecular complexity index is 1470. The third-order valence-electron chi connectivity index (χ3n) is 9.40. The lowest BCUT2D eigenvalue weighted by Crippen LogP contribution is -2.63. The number of hydrogen-bond donors (Lipinski definition) is 1. The van der Waals surface area contributed by atoms with Crippen molar-refractivity contribution < 1.29 is 52.8 Å². The number of benzene rings is 1. The summed E-state index contributed by atoms with van der Waals surface area (Å²) >= 11 is 0. The Morgan fingerprint density at radius 3 is 1.95 bits per heavy atom. The fourth-order valence-corrected chi connectivity index (χ4v) is 7.44. The minimum atomic E-state index is -1.86. The van der Waals surface area contributed by atoms with Crippen LogP contribution >= 0.6 is 0 Å². The summed E-state index contributed by atoms with van der Waals surface area (Å²) in [6, 6.07) is 7.98. The van der Waals surface area contributed by atoms with Crippen LogP contribution in [0.4, 0.5) is 0 Å². The zero-order valence-corrected chi connectivity index (χ0v) is 25.9. The van der Waals surface area contributed by atoms with Crippen LogP contribution in [0.25, 0.3) is 0 Å². The average Bonchev–Trinajstić information content (AvgIpc) is 3.15. The minimum absolute atomic E-state index is 0.0469. The molecule has 7 atom stereocenters. The molecule has 1 aromatic carbocycles. The summed E-state index contributed by atoms with van der Waals surface area (Å²) in [5.41, 5.74) is -5.02. The van der Waals surface area contributed by atoms with Gasteiger partial charge >= 0.3 is 23.9 Å². The van der Waals surface area contributed by atoms with Crippen LogP contribution in [0, 0.1) is 16.7 Å². The van der Waals surface area contributed by atoms with E-state index in [2.05, 4.69) is 6.58 Å². The van der Waals surface area contributed by atoms with Gasteiger partial charge in [0.2, 0.25) is 0 Å². The Hall–Kier alpha value is -4.12. The molecule has 0 aromatic heterocycles. The maximum Gasteiger partial charge on any atom is 0.338 e. The van der Waals surface area contributed by atoms with Gasteiger partial charge in [0.1, 0.15) is 12.2 Å². The molecular formula is C33H38O11. The van der Waals surface area contributed by atoms with Gasteiger partial charge in [-0.2, -0.15) is 0 Å². The van der Waals surface area contributed by atoms with E-state index < -0.39 is 88.6 Å². The highest BCUT2D eigenvalue weighted by atomic mass is 16.6. The Morgan fingerprint density at radius 2 is 1.43 bits per heavy atom. The molecule has 1 N–H and O–H groups in total. The Labute approximate surface area is 255 Å². The molecule has 0 saturated heterocycles. The Balaban J connectivity index is 2.17. The largest absolute Gasteiger partial charge is 0.461 e.